The summed E-state index contributed by atoms with van der Waals surface area (Å²) in [5.74, 6) is 0.611. The zero-order chi connectivity index (χ0) is 14.6. The lowest BCUT2D eigenvalue weighted by atomic mass is 10.3. The summed E-state index contributed by atoms with van der Waals surface area (Å²) in [7, 11) is -2.01. The number of benzene rings is 1. The van der Waals surface area contributed by atoms with Crippen LogP contribution in [0.1, 0.15) is 13.0 Å². The van der Waals surface area contributed by atoms with Gasteiger partial charge in [0.2, 0.25) is 10.0 Å². The molecular formula is C12H16N4O3S. The summed E-state index contributed by atoms with van der Waals surface area (Å²) in [6.45, 7) is 2.09. The average molecular weight is 296 g/mol. The highest BCUT2D eigenvalue weighted by Gasteiger charge is 2.16. The molecule has 0 saturated carbocycles. The van der Waals surface area contributed by atoms with Gasteiger partial charge in [-0.3, -0.25) is 0 Å². The highest BCUT2D eigenvalue weighted by molar-refractivity contribution is 7.89. The van der Waals surface area contributed by atoms with E-state index in [-0.39, 0.29) is 17.5 Å². The second kappa shape index (κ2) is 6.02. The minimum absolute atomic E-state index is 0.120. The maximum Gasteiger partial charge on any atom is 0.240 e. The van der Waals surface area contributed by atoms with E-state index in [0.29, 0.717) is 5.75 Å². The van der Waals surface area contributed by atoms with Gasteiger partial charge in [-0.1, -0.05) is 0 Å². The smallest absolute Gasteiger partial charge is 0.240 e. The van der Waals surface area contributed by atoms with Crippen molar-refractivity contribution in [2.24, 2.45) is 0 Å². The van der Waals surface area contributed by atoms with E-state index in [1.165, 1.54) is 25.6 Å². The molecule has 20 heavy (non-hydrogen) atoms. The Morgan fingerprint density at radius 2 is 2.05 bits per heavy atom. The van der Waals surface area contributed by atoms with Crippen LogP contribution in [0.5, 0.6) is 5.75 Å². The first kappa shape index (κ1) is 14.5. The van der Waals surface area contributed by atoms with Crippen LogP contribution < -0.4 is 9.46 Å². The maximum absolute atomic E-state index is 12.1. The standard InChI is InChI=1S/C12H16N4O3S/c1-10(16-9-13-8-14-16)7-15-20(17,18)12-5-3-11(19-2)4-6-12/h3-6,8-10,15H,7H2,1-2H3/t10-/m1/s1. The van der Waals surface area contributed by atoms with Gasteiger partial charge in [-0.05, 0) is 31.2 Å². The number of sulfonamides is 1. The van der Waals surface area contributed by atoms with Gasteiger partial charge in [-0.25, -0.2) is 22.8 Å². The van der Waals surface area contributed by atoms with Crippen molar-refractivity contribution in [1.29, 1.82) is 0 Å². The van der Waals surface area contributed by atoms with Crippen molar-refractivity contribution < 1.29 is 13.2 Å². The molecule has 1 atom stereocenters. The van der Waals surface area contributed by atoms with E-state index in [4.69, 9.17) is 4.74 Å². The number of methoxy groups -OCH3 is 1. The molecule has 2 rings (SSSR count). The SMILES string of the molecule is COc1ccc(S(=O)(=O)NC[C@@H](C)n2cncn2)cc1. The molecule has 8 heteroatoms. The van der Waals surface area contributed by atoms with E-state index in [1.54, 1.807) is 23.1 Å². The summed E-state index contributed by atoms with van der Waals surface area (Å²) < 4.78 is 33.3. The third-order valence-corrected chi connectivity index (χ3v) is 4.27. The highest BCUT2D eigenvalue weighted by atomic mass is 32.2. The molecule has 0 radical (unpaired) electrons. The molecule has 0 fully saturated rings. The van der Waals surface area contributed by atoms with Gasteiger partial charge >= 0.3 is 0 Å². The summed E-state index contributed by atoms with van der Waals surface area (Å²) in [6, 6.07) is 6.10. The summed E-state index contributed by atoms with van der Waals surface area (Å²) in [5, 5.41) is 3.97. The van der Waals surface area contributed by atoms with Gasteiger partial charge in [0.25, 0.3) is 0 Å². The molecule has 1 N–H and O–H groups in total. The lowest BCUT2D eigenvalue weighted by Crippen LogP contribution is -2.29. The predicted molar refractivity (Wildman–Crippen MR) is 72.9 cm³/mol. The van der Waals surface area contributed by atoms with Crippen LogP contribution in [-0.4, -0.2) is 36.8 Å². The number of hydrogen-bond donors (Lipinski definition) is 1. The van der Waals surface area contributed by atoms with Gasteiger partial charge < -0.3 is 4.74 Å². The third-order valence-electron chi connectivity index (χ3n) is 2.83. The normalized spacial score (nSPS) is 13.1. The van der Waals surface area contributed by atoms with Crippen molar-refractivity contribution in [3.8, 4) is 5.75 Å². The lowest BCUT2D eigenvalue weighted by molar-refractivity contribution is 0.414. The second-order valence-electron chi connectivity index (χ2n) is 4.25. The van der Waals surface area contributed by atoms with Crippen LogP contribution in [0, 0.1) is 0 Å². The van der Waals surface area contributed by atoms with Crippen molar-refractivity contribution in [3.63, 3.8) is 0 Å². The van der Waals surface area contributed by atoms with Crippen LogP contribution in [0.25, 0.3) is 0 Å². The zero-order valence-corrected chi connectivity index (χ0v) is 12.0. The van der Waals surface area contributed by atoms with Crippen molar-refractivity contribution in [2.45, 2.75) is 17.9 Å². The number of hydrogen-bond acceptors (Lipinski definition) is 5. The molecule has 1 aromatic heterocycles. The molecule has 1 heterocycles. The Morgan fingerprint density at radius 1 is 1.35 bits per heavy atom. The summed E-state index contributed by atoms with van der Waals surface area (Å²) in [5.41, 5.74) is 0. The van der Waals surface area contributed by atoms with Gasteiger partial charge in [0.15, 0.2) is 0 Å². The van der Waals surface area contributed by atoms with Crippen LogP contribution in [0.2, 0.25) is 0 Å². The van der Waals surface area contributed by atoms with Crippen LogP contribution >= 0.6 is 0 Å². The first-order valence-corrected chi connectivity index (χ1v) is 7.49. The van der Waals surface area contributed by atoms with Crippen LogP contribution in [0.3, 0.4) is 0 Å². The molecule has 2 aromatic rings. The minimum Gasteiger partial charge on any atom is -0.497 e. The quantitative estimate of drug-likeness (QED) is 0.853. The fraction of sp³-hybridized carbons (Fsp3) is 0.333. The molecule has 1 aromatic carbocycles. The van der Waals surface area contributed by atoms with E-state index in [0.717, 1.165) is 0 Å². The van der Waals surface area contributed by atoms with Gasteiger partial charge in [-0.2, -0.15) is 5.10 Å². The molecule has 0 spiro atoms. The van der Waals surface area contributed by atoms with E-state index >= 15 is 0 Å². The lowest BCUT2D eigenvalue weighted by Gasteiger charge is -2.13. The van der Waals surface area contributed by atoms with E-state index in [2.05, 4.69) is 14.8 Å². The molecular weight excluding hydrogens is 280 g/mol. The maximum atomic E-state index is 12.1. The Bertz CT molecular complexity index is 638. The molecule has 0 aliphatic carbocycles. The van der Waals surface area contributed by atoms with Crippen LogP contribution in [-0.2, 0) is 10.0 Å². The molecule has 0 bridgehead atoms. The fourth-order valence-electron chi connectivity index (χ4n) is 1.61. The highest BCUT2D eigenvalue weighted by Crippen LogP contribution is 2.15. The van der Waals surface area contributed by atoms with E-state index in [9.17, 15) is 8.42 Å². The Balaban J connectivity index is 2.03. The largest absolute Gasteiger partial charge is 0.497 e. The minimum atomic E-state index is -3.54. The average Bonchev–Trinajstić information content (AvgIpc) is 2.99. The van der Waals surface area contributed by atoms with Crippen molar-refractivity contribution >= 4 is 10.0 Å². The molecule has 0 aliphatic heterocycles. The molecule has 0 unspecified atom stereocenters. The van der Waals surface area contributed by atoms with Crippen molar-refractivity contribution in [3.05, 3.63) is 36.9 Å². The molecule has 0 saturated heterocycles. The molecule has 108 valence electrons. The number of aromatic nitrogens is 3. The number of nitrogens with one attached hydrogen (secondary N) is 1. The monoisotopic (exact) mass is 296 g/mol. The molecule has 7 nitrogen and oxygen atoms in total. The van der Waals surface area contributed by atoms with E-state index < -0.39 is 10.0 Å². The zero-order valence-electron chi connectivity index (χ0n) is 11.2. The van der Waals surface area contributed by atoms with Gasteiger partial charge in [-0.15, -0.1) is 0 Å². The fourth-order valence-corrected chi connectivity index (χ4v) is 2.73. The Hall–Kier alpha value is -1.93. The van der Waals surface area contributed by atoms with Crippen LogP contribution in [0.4, 0.5) is 0 Å². The Kier molecular flexibility index (Phi) is 4.35. The van der Waals surface area contributed by atoms with Gasteiger partial charge in [0.1, 0.15) is 18.4 Å². The van der Waals surface area contributed by atoms with Gasteiger partial charge in [0, 0.05) is 6.54 Å². The van der Waals surface area contributed by atoms with Crippen LogP contribution in [0.15, 0.2) is 41.8 Å². The first-order chi connectivity index (χ1) is 9.53. The Labute approximate surface area is 117 Å². The summed E-state index contributed by atoms with van der Waals surface area (Å²) in [6.07, 6.45) is 2.96. The predicted octanol–water partition coefficient (Wildman–Crippen LogP) is 0.826. The third kappa shape index (κ3) is 3.34. The first-order valence-electron chi connectivity index (χ1n) is 6.01. The molecule has 0 aliphatic rings. The summed E-state index contributed by atoms with van der Waals surface area (Å²) in [4.78, 5) is 4.02. The summed E-state index contributed by atoms with van der Waals surface area (Å²) >= 11 is 0. The Morgan fingerprint density at radius 3 is 2.60 bits per heavy atom. The van der Waals surface area contributed by atoms with Gasteiger partial charge in [0.05, 0.1) is 18.0 Å². The number of rotatable bonds is 6. The number of nitrogens with zero attached hydrogens (tertiary/aromatic N) is 3. The van der Waals surface area contributed by atoms with Crippen molar-refractivity contribution in [2.75, 3.05) is 13.7 Å². The number of ether oxygens (including phenoxy) is 1. The van der Waals surface area contributed by atoms with E-state index in [1.807, 2.05) is 6.92 Å². The van der Waals surface area contributed by atoms with Crippen molar-refractivity contribution in [1.82, 2.24) is 19.5 Å². The second-order valence-corrected chi connectivity index (χ2v) is 6.02. The topological polar surface area (TPSA) is 86.1 Å². The molecule has 0 amide bonds.